The van der Waals surface area contributed by atoms with Gasteiger partial charge in [-0.1, -0.05) is 0 Å². The Morgan fingerprint density at radius 1 is 1.68 bits per heavy atom. The van der Waals surface area contributed by atoms with E-state index in [1.54, 1.807) is 11.4 Å². The molecule has 0 spiro atoms. The highest BCUT2D eigenvalue weighted by molar-refractivity contribution is 7.14. The summed E-state index contributed by atoms with van der Waals surface area (Å²) in [6, 6.07) is 3.55. The summed E-state index contributed by atoms with van der Waals surface area (Å²) >= 11 is 1.24. The van der Waals surface area contributed by atoms with Gasteiger partial charge in [-0.05, 0) is 21.4 Å². The van der Waals surface area contributed by atoms with Crippen LogP contribution in [0.4, 0.5) is 10.8 Å². The fourth-order valence-electron chi connectivity index (χ4n) is 1.36. The van der Waals surface area contributed by atoms with E-state index in [1.807, 2.05) is 6.07 Å². The summed E-state index contributed by atoms with van der Waals surface area (Å²) in [6.45, 7) is -0.108. The van der Waals surface area contributed by atoms with E-state index < -0.39 is 4.92 Å². The van der Waals surface area contributed by atoms with Crippen molar-refractivity contribution in [2.75, 3.05) is 5.32 Å². The van der Waals surface area contributed by atoms with Crippen molar-refractivity contribution in [3.05, 3.63) is 39.6 Å². The highest BCUT2D eigenvalue weighted by Crippen LogP contribution is 2.22. The Morgan fingerprint density at radius 2 is 2.47 bits per heavy atom. The number of imidazole rings is 1. The molecule has 8 nitrogen and oxygen atoms in total. The van der Waals surface area contributed by atoms with Gasteiger partial charge in [-0.15, -0.1) is 11.3 Å². The number of thiophene rings is 1. The van der Waals surface area contributed by atoms with Gasteiger partial charge in [0.1, 0.15) is 23.8 Å². The van der Waals surface area contributed by atoms with Crippen molar-refractivity contribution in [3.63, 3.8) is 0 Å². The molecule has 0 saturated carbocycles. The van der Waals surface area contributed by atoms with Crippen LogP contribution in [0.25, 0.3) is 0 Å². The number of hydrogen-bond donors (Lipinski definition) is 1. The summed E-state index contributed by atoms with van der Waals surface area (Å²) in [5.74, 6) is -0.701. The molecule has 0 bridgehead atoms. The van der Waals surface area contributed by atoms with Gasteiger partial charge >= 0.3 is 5.82 Å². The first kappa shape index (κ1) is 12.7. The zero-order chi connectivity index (χ0) is 13.8. The fourth-order valence-corrected chi connectivity index (χ4v) is 2.11. The van der Waals surface area contributed by atoms with Crippen LogP contribution in [0.15, 0.2) is 24.0 Å². The molecule has 2 heterocycles. The average molecular weight is 277 g/mol. The Labute approximate surface area is 111 Å². The fraction of sp³-hybridized carbons (Fsp3) is 0.100. The molecule has 0 saturated heterocycles. The first-order chi connectivity index (χ1) is 9.10. The number of hydrogen-bond acceptors (Lipinski definition) is 6. The predicted molar refractivity (Wildman–Crippen MR) is 66.5 cm³/mol. The standard InChI is InChI=1S/C10H7N5O3S/c11-3-7-1-2-19-10(7)13-9(16)5-14-4-8(12-6-14)15(17)18/h1-2,4,6H,5H2,(H,13,16). The van der Waals surface area contributed by atoms with E-state index in [2.05, 4.69) is 10.3 Å². The van der Waals surface area contributed by atoms with Gasteiger partial charge in [0.2, 0.25) is 12.2 Å². The Balaban J connectivity index is 2.01. The van der Waals surface area contributed by atoms with Gasteiger partial charge in [-0.3, -0.25) is 4.79 Å². The number of anilines is 1. The Morgan fingerprint density at radius 3 is 3.11 bits per heavy atom. The number of carbonyl (C=O) groups excluding carboxylic acids is 1. The van der Waals surface area contributed by atoms with Crippen LogP contribution < -0.4 is 5.32 Å². The molecule has 0 unspecified atom stereocenters. The number of nitriles is 1. The van der Waals surface area contributed by atoms with Crippen LogP contribution in [-0.2, 0) is 11.3 Å². The van der Waals surface area contributed by atoms with Crippen LogP contribution in [-0.4, -0.2) is 20.4 Å². The van der Waals surface area contributed by atoms with E-state index in [0.717, 1.165) is 0 Å². The van der Waals surface area contributed by atoms with Gasteiger partial charge in [0.15, 0.2) is 0 Å². The van der Waals surface area contributed by atoms with Crippen molar-refractivity contribution in [1.82, 2.24) is 9.55 Å². The summed E-state index contributed by atoms with van der Waals surface area (Å²) in [6.07, 6.45) is 2.37. The normalized spacial score (nSPS) is 9.84. The third-order valence-corrected chi connectivity index (χ3v) is 3.00. The molecule has 0 fully saturated rings. The minimum atomic E-state index is -0.637. The second-order valence-corrected chi connectivity index (χ2v) is 4.40. The largest absolute Gasteiger partial charge is 0.381 e. The third-order valence-electron chi connectivity index (χ3n) is 2.17. The van der Waals surface area contributed by atoms with Gasteiger partial charge in [0.25, 0.3) is 0 Å². The van der Waals surface area contributed by atoms with Gasteiger partial charge in [-0.25, -0.2) is 0 Å². The molecule has 0 aliphatic carbocycles. The van der Waals surface area contributed by atoms with Gasteiger partial charge in [-0.2, -0.15) is 5.26 Å². The van der Waals surface area contributed by atoms with Crippen LogP contribution in [0.3, 0.4) is 0 Å². The lowest BCUT2D eigenvalue weighted by Crippen LogP contribution is -2.17. The lowest BCUT2D eigenvalue weighted by Gasteiger charge is -2.02. The Bertz CT molecular complexity index is 669. The highest BCUT2D eigenvalue weighted by Gasteiger charge is 2.13. The van der Waals surface area contributed by atoms with Crippen molar-refractivity contribution in [2.24, 2.45) is 0 Å². The first-order valence-electron chi connectivity index (χ1n) is 5.03. The number of nitrogens with one attached hydrogen (secondary N) is 1. The van der Waals surface area contributed by atoms with Gasteiger partial charge in [0.05, 0.1) is 5.56 Å². The van der Waals surface area contributed by atoms with Crippen molar-refractivity contribution < 1.29 is 9.72 Å². The molecule has 19 heavy (non-hydrogen) atoms. The summed E-state index contributed by atoms with van der Waals surface area (Å²) in [7, 11) is 0. The van der Waals surface area contributed by atoms with E-state index in [1.165, 1.54) is 28.4 Å². The zero-order valence-corrected chi connectivity index (χ0v) is 10.3. The van der Waals surface area contributed by atoms with E-state index in [4.69, 9.17) is 5.26 Å². The third kappa shape index (κ3) is 2.93. The van der Waals surface area contributed by atoms with Crippen LogP contribution in [0.1, 0.15) is 5.56 Å². The van der Waals surface area contributed by atoms with E-state index in [0.29, 0.717) is 10.6 Å². The Kier molecular flexibility index (Phi) is 3.53. The maximum atomic E-state index is 11.7. The maximum Gasteiger partial charge on any atom is 0.381 e. The van der Waals surface area contributed by atoms with E-state index in [-0.39, 0.29) is 18.3 Å². The molecule has 0 aliphatic heterocycles. The van der Waals surface area contributed by atoms with E-state index >= 15 is 0 Å². The number of aromatic nitrogens is 2. The molecule has 1 amide bonds. The van der Waals surface area contributed by atoms with Crippen LogP contribution in [0.5, 0.6) is 0 Å². The lowest BCUT2D eigenvalue weighted by atomic mass is 10.3. The summed E-state index contributed by atoms with van der Waals surface area (Å²) in [4.78, 5) is 25.0. The Hall–Kier alpha value is -2.73. The number of carbonyl (C=O) groups is 1. The molecule has 9 heteroatoms. The molecule has 2 aromatic rings. The van der Waals surface area contributed by atoms with E-state index in [9.17, 15) is 14.9 Å². The SMILES string of the molecule is N#Cc1ccsc1NC(=O)Cn1cnc([N+](=O)[O-])c1. The molecule has 0 atom stereocenters. The second kappa shape index (κ2) is 5.28. The van der Waals surface area contributed by atoms with Crippen LogP contribution in [0.2, 0.25) is 0 Å². The molecular weight excluding hydrogens is 270 g/mol. The maximum absolute atomic E-state index is 11.7. The first-order valence-corrected chi connectivity index (χ1v) is 5.91. The minimum absolute atomic E-state index is 0.108. The number of rotatable bonds is 4. The quantitative estimate of drug-likeness (QED) is 0.669. The monoisotopic (exact) mass is 277 g/mol. The van der Waals surface area contributed by atoms with Gasteiger partial charge < -0.3 is 20.0 Å². The molecule has 1 N–H and O–H groups in total. The lowest BCUT2D eigenvalue weighted by molar-refractivity contribution is -0.389. The number of nitrogens with zero attached hydrogens (tertiary/aromatic N) is 4. The zero-order valence-electron chi connectivity index (χ0n) is 9.44. The molecule has 0 radical (unpaired) electrons. The predicted octanol–water partition coefficient (Wildman–Crippen LogP) is 1.36. The molecule has 2 aromatic heterocycles. The molecule has 2 rings (SSSR count). The van der Waals surface area contributed by atoms with Crippen molar-refractivity contribution in [2.45, 2.75) is 6.54 Å². The van der Waals surface area contributed by atoms with Crippen LogP contribution >= 0.6 is 11.3 Å². The topological polar surface area (TPSA) is 114 Å². The van der Waals surface area contributed by atoms with Crippen LogP contribution in [0, 0.1) is 21.4 Å². The summed E-state index contributed by atoms with van der Waals surface area (Å²) in [5.41, 5.74) is 0.384. The number of amides is 1. The molecule has 96 valence electrons. The molecule has 0 aliphatic rings. The minimum Gasteiger partial charge on any atom is -0.358 e. The van der Waals surface area contributed by atoms with Crippen molar-refractivity contribution in [3.8, 4) is 6.07 Å². The molecular formula is C10H7N5O3S. The smallest absolute Gasteiger partial charge is 0.358 e. The summed E-state index contributed by atoms with van der Waals surface area (Å²) < 4.78 is 1.30. The van der Waals surface area contributed by atoms with Crippen molar-refractivity contribution in [1.29, 1.82) is 5.26 Å². The summed E-state index contributed by atoms with van der Waals surface area (Å²) in [5, 5.41) is 23.9. The van der Waals surface area contributed by atoms with Crippen molar-refractivity contribution >= 4 is 28.1 Å². The van der Waals surface area contributed by atoms with Gasteiger partial charge in [0, 0.05) is 0 Å². The highest BCUT2D eigenvalue weighted by atomic mass is 32.1. The molecule has 0 aromatic carbocycles. The average Bonchev–Trinajstić information content (AvgIpc) is 2.97. The second-order valence-electron chi connectivity index (χ2n) is 3.48. The number of nitro groups is 1.